The van der Waals surface area contributed by atoms with Gasteiger partial charge >= 0.3 is 0 Å². The molecule has 0 amide bonds. The molecule has 1 aliphatic rings. The molecule has 0 radical (unpaired) electrons. The van der Waals surface area contributed by atoms with Crippen molar-refractivity contribution in [1.29, 1.82) is 0 Å². The van der Waals surface area contributed by atoms with Crippen molar-refractivity contribution in [2.24, 2.45) is 13.5 Å². The summed E-state index contributed by atoms with van der Waals surface area (Å²) in [5.74, 6) is 0. The van der Waals surface area contributed by atoms with E-state index in [9.17, 15) is 30.6 Å². The highest BCUT2D eigenvalue weighted by molar-refractivity contribution is 7.87. The van der Waals surface area contributed by atoms with E-state index >= 15 is 0 Å². The predicted octanol–water partition coefficient (Wildman–Crippen LogP) is 0.302. The van der Waals surface area contributed by atoms with Gasteiger partial charge in [-0.25, -0.2) is 13.5 Å². The third-order valence-electron chi connectivity index (χ3n) is 3.75. The van der Waals surface area contributed by atoms with Crippen LogP contribution in [0.3, 0.4) is 0 Å². The molecule has 0 aromatic carbocycles. The zero-order valence-electron chi connectivity index (χ0n) is 13.9. The molecule has 0 saturated heterocycles. The van der Waals surface area contributed by atoms with Crippen LogP contribution in [0.15, 0.2) is 13.5 Å². The van der Waals surface area contributed by atoms with E-state index in [-0.39, 0.29) is 39.6 Å². The van der Waals surface area contributed by atoms with Crippen molar-refractivity contribution in [2.45, 2.75) is 0 Å². The minimum absolute atomic E-state index is 0.128. The molecule has 0 aromatic heterocycles. The summed E-state index contributed by atoms with van der Waals surface area (Å²) in [6.45, 7) is -0.766. The summed E-state index contributed by atoms with van der Waals surface area (Å²) in [4.78, 5) is 0. The topological polar surface area (TPSA) is 158 Å². The maximum atomic E-state index is 9.49. The first-order valence-electron chi connectivity index (χ1n) is 7.99. The van der Waals surface area contributed by atoms with Crippen LogP contribution in [0, 0.1) is 0 Å². The Kier molecular flexibility index (Phi) is 9.90. The molecule has 0 bridgehead atoms. The second-order valence-corrected chi connectivity index (χ2v) is 15.7. The third kappa shape index (κ3) is 5.73. The highest BCUT2D eigenvalue weighted by atomic mass is 31.3. The molecule has 0 aromatic rings. The quantitative estimate of drug-likeness (QED) is 0.256. The zero-order chi connectivity index (χ0) is 18.1. The van der Waals surface area contributed by atoms with Gasteiger partial charge in [-0.3, -0.25) is 0 Å². The van der Waals surface area contributed by atoms with Crippen LogP contribution in [-0.4, -0.2) is 107 Å². The number of aliphatic hydroxyl groups is 6. The van der Waals surface area contributed by atoms with Crippen LogP contribution >= 0.6 is 21.6 Å². The highest BCUT2D eigenvalue weighted by Crippen LogP contribution is 2.77. The van der Waals surface area contributed by atoms with Crippen molar-refractivity contribution >= 4 is 21.6 Å². The van der Waals surface area contributed by atoms with Crippen LogP contribution < -0.4 is 0 Å². The number of hydrogen-bond donors (Lipinski definition) is 6. The summed E-state index contributed by atoms with van der Waals surface area (Å²) < 4.78 is 14.6. The lowest BCUT2D eigenvalue weighted by atomic mass is 10.9. The molecule has 1 heterocycles. The zero-order valence-corrected chi connectivity index (χ0v) is 16.5. The van der Waals surface area contributed by atoms with Crippen LogP contribution in [0.25, 0.3) is 0 Å². The molecule has 0 spiro atoms. The first kappa shape index (κ1) is 22.5. The van der Waals surface area contributed by atoms with Gasteiger partial charge < -0.3 is 30.6 Å². The van der Waals surface area contributed by atoms with Crippen molar-refractivity contribution < 1.29 is 30.6 Å². The van der Waals surface area contributed by atoms with Gasteiger partial charge in [-0.1, -0.05) is 0 Å². The summed E-state index contributed by atoms with van der Waals surface area (Å²) in [5, 5.41) is 57.0. The molecular weight excluding hydrogens is 375 g/mol. The smallest absolute Gasteiger partial charge is 0.0853 e. The minimum Gasteiger partial charge on any atom is -0.396 e. The lowest BCUT2D eigenvalue weighted by Gasteiger charge is -2.36. The Morgan fingerprint density at radius 3 is 0.667 bits per heavy atom. The average molecular weight is 405 g/mol. The molecule has 6 N–H and O–H groups in total. The van der Waals surface area contributed by atoms with Crippen molar-refractivity contribution in [2.75, 3.05) is 76.6 Å². The van der Waals surface area contributed by atoms with Crippen molar-refractivity contribution in [1.82, 2.24) is 0 Å². The van der Waals surface area contributed by atoms with Gasteiger partial charge in [0.05, 0.1) is 61.3 Å². The van der Waals surface area contributed by atoms with Crippen molar-refractivity contribution in [3.05, 3.63) is 0 Å². The van der Waals surface area contributed by atoms with Gasteiger partial charge in [-0.15, -0.1) is 0 Å². The Hall–Kier alpha value is 0.450. The fourth-order valence-corrected chi connectivity index (χ4v) is 18.5. The van der Waals surface area contributed by atoms with Gasteiger partial charge in [0.1, 0.15) is 0 Å². The molecule has 9 nitrogen and oxygen atoms in total. The molecule has 0 saturated carbocycles. The van der Waals surface area contributed by atoms with E-state index in [0.717, 1.165) is 0 Å². The summed E-state index contributed by atoms with van der Waals surface area (Å²) in [6, 6.07) is 0. The molecule has 0 aliphatic carbocycles. The maximum Gasteiger partial charge on any atom is 0.0853 e. The second-order valence-electron chi connectivity index (χ2n) is 5.59. The average Bonchev–Trinajstić information content (AvgIpc) is 2.48. The van der Waals surface area contributed by atoms with Gasteiger partial charge in [0, 0.05) is 37.0 Å². The molecule has 1 rings (SSSR count). The van der Waals surface area contributed by atoms with Crippen LogP contribution in [0.5, 0.6) is 0 Å². The third-order valence-corrected chi connectivity index (χ3v) is 17.2. The Morgan fingerprint density at radius 1 is 0.375 bits per heavy atom. The summed E-state index contributed by atoms with van der Waals surface area (Å²) >= 11 is 0. The standard InChI is InChI=1S/C12H30N3O6P3/c16-1-7-22(8-2-17)13-23(9-3-18,10-4-19)15-24(14-22,11-5-20)12-6-21/h16-21H,1-12H2. The monoisotopic (exact) mass is 405 g/mol. The van der Waals surface area contributed by atoms with E-state index in [4.69, 9.17) is 13.5 Å². The van der Waals surface area contributed by atoms with E-state index in [1.54, 1.807) is 0 Å². The molecule has 24 heavy (non-hydrogen) atoms. The van der Waals surface area contributed by atoms with E-state index < -0.39 is 21.6 Å². The molecular formula is C12H30N3O6P3. The van der Waals surface area contributed by atoms with E-state index in [1.165, 1.54) is 0 Å². The number of nitrogens with zero attached hydrogens (tertiary/aromatic N) is 3. The summed E-state index contributed by atoms with van der Waals surface area (Å²) in [5.41, 5.74) is 0. The first-order valence-corrected chi connectivity index (χ1v) is 14.2. The molecule has 1 aliphatic heterocycles. The second kappa shape index (κ2) is 10.6. The van der Waals surface area contributed by atoms with Crippen LogP contribution in [0.1, 0.15) is 0 Å². The maximum absolute atomic E-state index is 9.49. The molecule has 144 valence electrons. The Balaban J connectivity index is 3.69. The largest absolute Gasteiger partial charge is 0.396 e. The summed E-state index contributed by atoms with van der Waals surface area (Å²) in [6.07, 6.45) is 1.92. The molecule has 0 atom stereocenters. The fourth-order valence-electron chi connectivity index (χ4n) is 2.82. The first-order chi connectivity index (χ1) is 11.5. The van der Waals surface area contributed by atoms with E-state index in [1.807, 2.05) is 0 Å². The normalized spacial score (nSPS) is 20.8. The Morgan fingerprint density at radius 2 is 0.542 bits per heavy atom. The molecule has 0 unspecified atom stereocenters. The van der Waals surface area contributed by atoms with Crippen LogP contribution in [-0.2, 0) is 0 Å². The molecule has 12 heteroatoms. The van der Waals surface area contributed by atoms with Crippen molar-refractivity contribution in [3.8, 4) is 0 Å². The molecule has 0 fully saturated rings. The Labute approximate surface area is 143 Å². The van der Waals surface area contributed by atoms with E-state index in [2.05, 4.69) is 0 Å². The van der Waals surface area contributed by atoms with Gasteiger partial charge in [-0.05, 0) is 0 Å². The van der Waals surface area contributed by atoms with Crippen molar-refractivity contribution in [3.63, 3.8) is 0 Å². The minimum atomic E-state index is -2.44. The SMILES string of the molecule is OCCP1(CCO)=NP(CCO)(CCO)=NP(CCO)(CCO)=N1. The van der Waals surface area contributed by atoms with Gasteiger partial charge in [0.15, 0.2) is 0 Å². The van der Waals surface area contributed by atoms with Crippen LogP contribution in [0.2, 0.25) is 0 Å². The highest BCUT2D eigenvalue weighted by Gasteiger charge is 2.35. The predicted molar refractivity (Wildman–Crippen MR) is 99.8 cm³/mol. The van der Waals surface area contributed by atoms with Gasteiger partial charge in [0.25, 0.3) is 0 Å². The Bertz CT molecular complexity index is 432. The lowest BCUT2D eigenvalue weighted by Crippen LogP contribution is -2.11. The van der Waals surface area contributed by atoms with Gasteiger partial charge in [-0.2, -0.15) is 0 Å². The number of hydrogen-bond acceptors (Lipinski definition) is 9. The van der Waals surface area contributed by atoms with Crippen LogP contribution in [0.4, 0.5) is 0 Å². The van der Waals surface area contributed by atoms with E-state index in [0.29, 0.717) is 37.0 Å². The summed E-state index contributed by atoms with van der Waals surface area (Å²) in [7, 11) is -7.32. The number of aliphatic hydroxyl groups excluding tert-OH is 6. The number of rotatable bonds is 12. The van der Waals surface area contributed by atoms with Gasteiger partial charge in [0.2, 0.25) is 0 Å². The fraction of sp³-hybridized carbons (Fsp3) is 1.00. The lowest BCUT2D eigenvalue weighted by molar-refractivity contribution is 0.315.